The van der Waals surface area contributed by atoms with E-state index in [0.717, 1.165) is 83.7 Å². The lowest BCUT2D eigenvalue weighted by Crippen LogP contribution is -2.31. The Hall–Kier alpha value is -8.55. The largest absolute Gasteiger partial charge is 0.292 e. The summed E-state index contributed by atoms with van der Waals surface area (Å²) in [7, 11) is 0. The number of H-pyrrole nitrogens is 1. The van der Waals surface area contributed by atoms with Gasteiger partial charge >= 0.3 is 0 Å². The summed E-state index contributed by atoms with van der Waals surface area (Å²) in [5.41, 5.74) is 11.1. The molecule has 0 atom stereocenters. The molecule has 0 aliphatic rings. The van der Waals surface area contributed by atoms with Gasteiger partial charge in [0.1, 0.15) is 11.5 Å². The molecule has 0 saturated carbocycles. The third kappa shape index (κ3) is 6.19. The maximum Gasteiger partial charge on any atom is 0.292 e. The minimum Gasteiger partial charge on any atom is -0.292 e. The van der Waals surface area contributed by atoms with Gasteiger partial charge < -0.3 is 0 Å². The van der Waals surface area contributed by atoms with Crippen molar-refractivity contribution in [2.75, 3.05) is 0 Å². The predicted octanol–water partition coefficient (Wildman–Crippen LogP) is 12.6. The van der Waals surface area contributed by atoms with Gasteiger partial charge in [0.15, 0.2) is 28.5 Å². The van der Waals surface area contributed by atoms with Crippen molar-refractivity contribution in [2.45, 2.75) is 0 Å². The number of nitrogens with one attached hydrogen (secondary N) is 1. The Labute approximate surface area is 356 Å². The molecule has 12 aromatic rings. The molecule has 3 heterocycles. The van der Waals surface area contributed by atoms with Gasteiger partial charge in [-0.3, -0.25) is 4.57 Å². The summed E-state index contributed by atoms with van der Waals surface area (Å²) >= 11 is 0. The molecular weight excluding hydrogens is 759 g/mol. The summed E-state index contributed by atoms with van der Waals surface area (Å²) in [6.07, 6.45) is 0. The molecule has 0 amide bonds. The maximum absolute atomic E-state index is 5.19. The van der Waals surface area contributed by atoms with Crippen LogP contribution in [-0.2, 0) is 0 Å². The lowest BCUT2D eigenvalue weighted by atomic mass is 10.1. The van der Waals surface area contributed by atoms with Crippen molar-refractivity contribution in [1.82, 2.24) is 29.5 Å². The fourth-order valence-electron chi connectivity index (χ4n) is 8.56. The van der Waals surface area contributed by atoms with Crippen LogP contribution in [0.5, 0.6) is 0 Å². The number of hydrogen-bond donors (Lipinski definition) is 1. The van der Waals surface area contributed by atoms with Gasteiger partial charge in [0.05, 0.1) is 16.6 Å². The zero-order chi connectivity index (χ0) is 41.0. The van der Waals surface area contributed by atoms with Crippen molar-refractivity contribution in [3.8, 4) is 68.3 Å². The number of aromatic amines is 1. The van der Waals surface area contributed by atoms with E-state index in [1.54, 1.807) is 0 Å². The third-order valence-electron chi connectivity index (χ3n) is 11.6. The molecule has 0 spiro atoms. The molecule has 7 heteroatoms. The first-order chi connectivity index (χ1) is 30.7. The minimum atomic E-state index is 0.605. The number of imidazole rings is 2. The second-order valence-corrected chi connectivity index (χ2v) is 15.5. The standard InChI is InChI=1S/C55H35N7/c1-2-16-45(17-3-1)61-49-20-10-8-18-47(49)56-54(61)39-24-26-40(27-25-39)55-57-48-19-9-11-21-50(48)62(55)46-32-30-38(31-33-46)51-58-52(43-28-22-36-12-4-6-14-41(36)34-43)60-53(59-51)44-29-23-37-13-5-7-15-42(37)35-44/h1-35H/p+1. The normalized spacial score (nSPS) is 11.5. The molecule has 62 heavy (non-hydrogen) atoms. The Morgan fingerprint density at radius 2 is 0.903 bits per heavy atom. The van der Waals surface area contributed by atoms with Crippen molar-refractivity contribution in [3.63, 3.8) is 0 Å². The Balaban J connectivity index is 0.944. The summed E-state index contributed by atoms with van der Waals surface area (Å²) in [6.45, 7) is 0. The van der Waals surface area contributed by atoms with Crippen LogP contribution in [-0.4, -0.2) is 29.5 Å². The lowest BCUT2D eigenvalue weighted by Gasteiger charge is -2.12. The molecule has 0 fully saturated rings. The van der Waals surface area contributed by atoms with Crippen LogP contribution < -0.4 is 4.57 Å². The molecule has 0 unspecified atom stereocenters. The van der Waals surface area contributed by atoms with Crippen LogP contribution in [0, 0.1) is 0 Å². The highest BCUT2D eigenvalue weighted by Gasteiger charge is 2.23. The highest BCUT2D eigenvalue weighted by atomic mass is 15.1. The minimum absolute atomic E-state index is 0.605. The SMILES string of the molecule is c1ccc(-[n+]2c(-c3ccc(-c4nc5ccccc5n4-c4ccc(-c5nc(-c6ccc7ccccc7c6)nc(-c6ccc7ccccc7c6)n5)cc4)cc3)[nH]c3ccccc32)cc1. The average molecular weight is 795 g/mol. The molecule has 290 valence electrons. The van der Waals surface area contributed by atoms with E-state index in [-0.39, 0.29) is 0 Å². The van der Waals surface area contributed by atoms with Gasteiger partial charge in [-0.2, -0.15) is 4.57 Å². The third-order valence-corrected chi connectivity index (χ3v) is 11.6. The summed E-state index contributed by atoms with van der Waals surface area (Å²) in [5, 5.41) is 4.61. The van der Waals surface area contributed by atoms with Crippen LogP contribution in [0.15, 0.2) is 212 Å². The van der Waals surface area contributed by atoms with Crippen molar-refractivity contribution >= 4 is 43.6 Å². The van der Waals surface area contributed by atoms with Gasteiger partial charge in [-0.05, 0) is 106 Å². The molecular formula is C55H36N7+. The van der Waals surface area contributed by atoms with Crippen LogP contribution in [0.2, 0.25) is 0 Å². The van der Waals surface area contributed by atoms with Gasteiger partial charge in [-0.25, -0.2) is 24.9 Å². The lowest BCUT2D eigenvalue weighted by molar-refractivity contribution is -0.554. The molecule has 0 saturated heterocycles. The van der Waals surface area contributed by atoms with Crippen LogP contribution in [0.1, 0.15) is 0 Å². The van der Waals surface area contributed by atoms with E-state index in [2.05, 4.69) is 214 Å². The summed E-state index contributed by atoms with van der Waals surface area (Å²) < 4.78 is 4.51. The number of benzene rings is 9. The average Bonchev–Trinajstić information content (AvgIpc) is 3.94. The van der Waals surface area contributed by atoms with E-state index in [1.165, 1.54) is 10.8 Å². The molecule has 0 radical (unpaired) electrons. The first kappa shape index (κ1) is 35.4. The highest BCUT2D eigenvalue weighted by molar-refractivity contribution is 5.89. The number of hydrogen-bond acceptors (Lipinski definition) is 4. The molecule has 0 aliphatic heterocycles. The second kappa shape index (κ2) is 14.6. The first-order valence-electron chi connectivity index (χ1n) is 20.7. The van der Waals surface area contributed by atoms with Crippen LogP contribution in [0.4, 0.5) is 0 Å². The number of aromatic nitrogens is 7. The van der Waals surface area contributed by atoms with Gasteiger partial charge in [0.2, 0.25) is 0 Å². The molecule has 9 aromatic carbocycles. The van der Waals surface area contributed by atoms with E-state index in [9.17, 15) is 0 Å². The van der Waals surface area contributed by atoms with Crippen molar-refractivity contribution < 1.29 is 4.57 Å². The van der Waals surface area contributed by atoms with E-state index in [4.69, 9.17) is 19.9 Å². The summed E-state index contributed by atoms with van der Waals surface area (Å²) in [6, 6.07) is 73.8. The monoisotopic (exact) mass is 794 g/mol. The van der Waals surface area contributed by atoms with Crippen LogP contribution in [0.25, 0.3) is 112 Å². The smallest absolute Gasteiger partial charge is 0.292 e. The molecule has 12 rings (SSSR count). The van der Waals surface area contributed by atoms with Gasteiger partial charge in [-0.15, -0.1) is 0 Å². The summed E-state index contributed by atoms with van der Waals surface area (Å²) in [4.78, 5) is 24.2. The Morgan fingerprint density at radius 3 is 1.58 bits per heavy atom. The molecule has 1 N–H and O–H groups in total. The molecule has 0 bridgehead atoms. The molecule has 7 nitrogen and oxygen atoms in total. The molecule has 0 aliphatic carbocycles. The fourth-order valence-corrected chi connectivity index (χ4v) is 8.56. The maximum atomic E-state index is 5.19. The topological polar surface area (TPSA) is 76.2 Å². The predicted molar refractivity (Wildman–Crippen MR) is 250 cm³/mol. The Morgan fingerprint density at radius 1 is 0.387 bits per heavy atom. The van der Waals surface area contributed by atoms with E-state index in [0.29, 0.717) is 17.5 Å². The summed E-state index contributed by atoms with van der Waals surface area (Å²) in [5.74, 6) is 3.73. The van der Waals surface area contributed by atoms with E-state index in [1.807, 2.05) is 12.1 Å². The number of fused-ring (bicyclic) bond motifs is 4. The Bertz CT molecular complexity index is 3530. The first-order valence-corrected chi connectivity index (χ1v) is 20.7. The van der Waals surface area contributed by atoms with Crippen molar-refractivity contribution in [3.05, 3.63) is 212 Å². The van der Waals surface area contributed by atoms with Crippen LogP contribution in [0.3, 0.4) is 0 Å². The number of rotatable bonds is 7. The molecule has 3 aromatic heterocycles. The zero-order valence-corrected chi connectivity index (χ0v) is 33.4. The van der Waals surface area contributed by atoms with Gasteiger partial charge in [-0.1, -0.05) is 127 Å². The quantitative estimate of drug-likeness (QED) is 0.163. The highest BCUT2D eigenvalue weighted by Crippen LogP contribution is 2.33. The number of nitrogens with zero attached hydrogens (tertiary/aromatic N) is 6. The van der Waals surface area contributed by atoms with Gasteiger partial charge in [0, 0.05) is 27.9 Å². The van der Waals surface area contributed by atoms with E-state index >= 15 is 0 Å². The zero-order valence-electron chi connectivity index (χ0n) is 33.4. The fraction of sp³-hybridized carbons (Fsp3) is 0. The van der Waals surface area contributed by atoms with Crippen LogP contribution >= 0.6 is 0 Å². The second-order valence-electron chi connectivity index (χ2n) is 15.5. The Kier molecular flexibility index (Phi) is 8.35. The van der Waals surface area contributed by atoms with Crippen molar-refractivity contribution in [1.29, 1.82) is 0 Å². The van der Waals surface area contributed by atoms with Crippen molar-refractivity contribution in [2.24, 2.45) is 0 Å². The number of para-hydroxylation sites is 5. The van der Waals surface area contributed by atoms with E-state index < -0.39 is 0 Å². The van der Waals surface area contributed by atoms with Gasteiger partial charge in [0.25, 0.3) is 5.82 Å².